The minimum absolute atomic E-state index is 0.108. The Morgan fingerprint density at radius 3 is 2.52 bits per heavy atom. The van der Waals surface area contributed by atoms with Gasteiger partial charge in [-0.1, -0.05) is 19.9 Å². The minimum Gasteiger partial charge on any atom is -0.322 e. The van der Waals surface area contributed by atoms with Crippen LogP contribution in [0.5, 0.6) is 0 Å². The van der Waals surface area contributed by atoms with Crippen LogP contribution < -0.4 is 5.32 Å². The average molecular weight is 427 g/mol. The molecule has 1 unspecified atom stereocenters. The lowest BCUT2D eigenvalue weighted by atomic mass is 9.96. The van der Waals surface area contributed by atoms with Crippen LogP contribution in [0.2, 0.25) is 0 Å². The predicted octanol–water partition coefficient (Wildman–Crippen LogP) is 6.55. The van der Waals surface area contributed by atoms with E-state index in [0.29, 0.717) is 11.6 Å². The van der Waals surface area contributed by atoms with Crippen LogP contribution in [0.15, 0.2) is 48.7 Å². The number of halogens is 3. The molecule has 0 radical (unpaired) electrons. The number of carbonyl (C=O) groups is 1. The number of hydrogen-bond donors (Lipinski definition) is 1. The lowest BCUT2D eigenvalue weighted by molar-refractivity contribution is -0.141. The van der Waals surface area contributed by atoms with Gasteiger partial charge in [-0.15, -0.1) is 0 Å². The van der Waals surface area contributed by atoms with E-state index in [1.807, 2.05) is 38.1 Å². The Balaban J connectivity index is 1.92. The SMILES string of the molecule is CCC(C)c1cc(-c2cc(NC(=O)c3ccnc(C(F)(F)F)c3)ccc2C)cc(C)n1. The highest BCUT2D eigenvalue weighted by molar-refractivity contribution is 6.04. The summed E-state index contributed by atoms with van der Waals surface area (Å²) in [5, 5.41) is 2.69. The van der Waals surface area contributed by atoms with Crippen LogP contribution in [-0.4, -0.2) is 15.9 Å². The highest BCUT2D eigenvalue weighted by atomic mass is 19.4. The molecule has 2 aromatic heterocycles. The van der Waals surface area contributed by atoms with Crippen molar-refractivity contribution >= 4 is 11.6 Å². The summed E-state index contributed by atoms with van der Waals surface area (Å²) in [5.74, 6) is -0.315. The number of rotatable bonds is 5. The van der Waals surface area contributed by atoms with Crippen molar-refractivity contribution in [3.05, 3.63) is 76.9 Å². The molecule has 7 heteroatoms. The first-order valence-corrected chi connectivity index (χ1v) is 10.0. The Morgan fingerprint density at radius 1 is 1.10 bits per heavy atom. The second kappa shape index (κ2) is 8.88. The number of aryl methyl sites for hydroxylation is 2. The summed E-state index contributed by atoms with van der Waals surface area (Å²) in [4.78, 5) is 20.5. The van der Waals surface area contributed by atoms with Crippen molar-refractivity contribution in [2.45, 2.75) is 46.2 Å². The van der Waals surface area contributed by atoms with Gasteiger partial charge in [-0.2, -0.15) is 13.2 Å². The Morgan fingerprint density at radius 2 is 1.84 bits per heavy atom. The maximum atomic E-state index is 12.9. The van der Waals surface area contributed by atoms with E-state index in [1.54, 1.807) is 6.07 Å². The van der Waals surface area contributed by atoms with Gasteiger partial charge in [0.15, 0.2) is 0 Å². The van der Waals surface area contributed by atoms with Gasteiger partial charge in [0.25, 0.3) is 5.91 Å². The predicted molar refractivity (Wildman–Crippen MR) is 115 cm³/mol. The summed E-state index contributed by atoms with van der Waals surface area (Å²) in [5.41, 5.74) is 4.12. The van der Waals surface area contributed by atoms with Crippen molar-refractivity contribution < 1.29 is 18.0 Å². The summed E-state index contributed by atoms with van der Waals surface area (Å²) in [6.45, 7) is 8.15. The highest BCUT2D eigenvalue weighted by Crippen LogP contribution is 2.31. The van der Waals surface area contributed by atoms with E-state index in [2.05, 4.69) is 29.1 Å². The standard InChI is InChI=1S/C24H24F3N3O/c1-5-14(2)21-11-18(10-16(4)29-21)20-13-19(7-6-15(20)3)30-23(31)17-8-9-28-22(12-17)24(25,26)27/h6-14H,5H2,1-4H3,(H,30,31). The molecule has 1 N–H and O–H groups in total. The Kier molecular flexibility index (Phi) is 6.43. The molecule has 162 valence electrons. The van der Waals surface area contributed by atoms with Gasteiger partial charge in [0.1, 0.15) is 5.69 Å². The molecular weight excluding hydrogens is 403 g/mol. The third-order valence-electron chi connectivity index (χ3n) is 5.21. The summed E-state index contributed by atoms with van der Waals surface area (Å²) < 4.78 is 38.7. The van der Waals surface area contributed by atoms with Gasteiger partial charge in [-0.3, -0.25) is 14.8 Å². The zero-order valence-electron chi connectivity index (χ0n) is 17.8. The van der Waals surface area contributed by atoms with Crippen LogP contribution in [0.1, 0.15) is 59.2 Å². The Labute approximate surface area is 179 Å². The van der Waals surface area contributed by atoms with Crippen molar-refractivity contribution in [3.8, 4) is 11.1 Å². The number of pyridine rings is 2. The van der Waals surface area contributed by atoms with Crippen molar-refractivity contribution in [2.24, 2.45) is 0 Å². The Bertz CT molecular complexity index is 1110. The first-order valence-electron chi connectivity index (χ1n) is 10.0. The third kappa shape index (κ3) is 5.29. The molecule has 1 atom stereocenters. The monoisotopic (exact) mass is 427 g/mol. The fourth-order valence-electron chi connectivity index (χ4n) is 3.25. The highest BCUT2D eigenvalue weighted by Gasteiger charge is 2.33. The van der Waals surface area contributed by atoms with E-state index in [1.165, 1.54) is 6.07 Å². The Hall–Kier alpha value is -3.22. The van der Waals surface area contributed by atoms with E-state index in [9.17, 15) is 18.0 Å². The van der Waals surface area contributed by atoms with E-state index in [-0.39, 0.29) is 5.56 Å². The first kappa shape index (κ1) is 22.5. The number of hydrogen-bond acceptors (Lipinski definition) is 3. The molecule has 0 aliphatic carbocycles. The van der Waals surface area contributed by atoms with Crippen molar-refractivity contribution in [1.82, 2.24) is 9.97 Å². The van der Waals surface area contributed by atoms with Gasteiger partial charge in [0.2, 0.25) is 0 Å². The number of carbonyl (C=O) groups excluding carboxylic acids is 1. The fourth-order valence-corrected chi connectivity index (χ4v) is 3.25. The molecule has 2 heterocycles. The second-order valence-corrected chi connectivity index (χ2v) is 7.64. The van der Waals surface area contributed by atoms with Crippen molar-refractivity contribution in [2.75, 3.05) is 5.32 Å². The lowest BCUT2D eigenvalue weighted by Crippen LogP contribution is -2.15. The summed E-state index contributed by atoms with van der Waals surface area (Å²) >= 11 is 0. The normalized spacial score (nSPS) is 12.5. The van der Waals surface area contributed by atoms with Gasteiger partial charge in [0.05, 0.1) is 0 Å². The third-order valence-corrected chi connectivity index (χ3v) is 5.21. The summed E-state index contributed by atoms with van der Waals surface area (Å²) in [6, 6.07) is 11.5. The van der Waals surface area contributed by atoms with Crippen LogP contribution in [0, 0.1) is 13.8 Å². The van der Waals surface area contributed by atoms with E-state index in [0.717, 1.165) is 46.8 Å². The maximum absolute atomic E-state index is 12.9. The van der Waals surface area contributed by atoms with Gasteiger partial charge in [-0.25, -0.2) is 0 Å². The number of anilines is 1. The molecule has 0 saturated heterocycles. The molecule has 0 aliphatic rings. The fraction of sp³-hybridized carbons (Fsp3) is 0.292. The smallest absolute Gasteiger partial charge is 0.322 e. The van der Waals surface area contributed by atoms with Gasteiger partial charge >= 0.3 is 6.18 Å². The molecule has 4 nitrogen and oxygen atoms in total. The second-order valence-electron chi connectivity index (χ2n) is 7.64. The van der Waals surface area contributed by atoms with Crippen molar-refractivity contribution in [3.63, 3.8) is 0 Å². The van der Waals surface area contributed by atoms with Crippen LogP contribution in [0.4, 0.5) is 18.9 Å². The molecule has 3 aromatic rings. The molecule has 0 spiro atoms. The van der Waals surface area contributed by atoms with Gasteiger partial charge in [0, 0.05) is 28.8 Å². The van der Waals surface area contributed by atoms with E-state index < -0.39 is 17.8 Å². The van der Waals surface area contributed by atoms with E-state index in [4.69, 9.17) is 0 Å². The van der Waals surface area contributed by atoms with E-state index >= 15 is 0 Å². The topological polar surface area (TPSA) is 54.9 Å². The molecule has 1 amide bonds. The van der Waals surface area contributed by atoms with Gasteiger partial charge < -0.3 is 5.32 Å². The quantitative estimate of drug-likeness (QED) is 0.503. The molecule has 0 bridgehead atoms. The number of benzene rings is 1. The van der Waals surface area contributed by atoms with Crippen molar-refractivity contribution in [1.29, 1.82) is 0 Å². The number of nitrogens with one attached hydrogen (secondary N) is 1. The summed E-state index contributed by atoms with van der Waals surface area (Å²) in [7, 11) is 0. The van der Waals surface area contributed by atoms with Crippen LogP contribution in [0.25, 0.3) is 11.1 Å². The zero-order chi connectivity index (χ0) is 22.8. The number of aromatic nitrogens is 2. The molecule has 0 aliphatic heterocycles. The molecule has 3 rings (SSSR count). The molecule has 0 saturated carbocycles. The first-order chi connectivity index (χ1) is 14.6. The minimum atomic E-state index is -4.61. The van der Waals surface area contributed by atoms with Gasteiger partial charge in [-0.05, 0) is 79.3 Å². The van der Waals surface area contributed by atoms with Crippen LogP contribution in [-0.2, 0) is 6.18 Å². The number of alkyl halides is 3. The number of nitrogens with zero attached hydrogens (tertiary/aromatic N) is 2. The molecular formula is C24H24F3N3O. The number of amides is 1. The lowest BCUT2D eigenvalue weighted by Gasteiger charge is -2.15. The maximum Gasteiger partial charge on any atom is 0.433 e. The largest absolute Gasteiger partial charge is 0.433 e. The molecule has 0 fully saturated rings. The van der Waals surface area contributed by atoms with Crippen LogP contribution in [0.3, 0.4) is 0 Å². The summed E-state index contributed by atoms with van der Waals surface area (Å²) in [6.07, 6.45) is -2.66. The average Bonchev–Trinajstić information content (AvgIpc) is 2.73. The molecule has 31 heavy (non-hydrogen) atoms. The van der Waals surface area contributed by atoms with Crippen LogP contribution >= 0.6 is 0 Å². The zero-order valence-corrected chi connectivity index (χ0v) is 17.8. The molecule has 1 aromatic carbocycles.